The van der Waals surface area contributed by atoms with Gasteiger partial charge in [0, 0.05) is 25.2 Å². The van der Waals surface area contributed by atoms with Crippen molar-refractivity contribution in [2.24, 2.45) is 0 Å². The van der Waals surface area contributed by atoms with E-state index >= 15 is 0 Å². The Morgan fingerprint density at radius 1 is 1.58 bits per heavy atom. The molecule has 0 aromatic carbocycles. The highest BCUT2D eigenvalue weighted by Crippen LogP contribution is 2.25. The van der Waals surface area contributed by atoms with Crippen molar-refractivity contribution in [3.8, 4) is 0 Å². The van der Waals surface area contributed by atoms with Crippen LogP contribution in [0.3, 0.4) is 0 Å². The van der Waals surface area contributed by atoms with E-state index in [1.165, 1.54) is 23.6 Å². The van der Waals surface area contributed by atoms with Crippen molar-refractivity contribution in [3.05, 3.63) is 22.9 Å². The second-order valence-corrected chi connectivity index (χ2v) is 4.82. The molecular formula is C12H18N6O. The van der Waals surface area contributed by atoms with E-state index in [9.17, 15) is 4.79 Å². The Labute approximate surface area is 110 Å². The maximum absolute atomic E-state index is 11.3. The van der Waals surface area contributed by atoms with Crippen LogP contribution in [0.4, 0.5) is 5.82 Å². The lowest BCUT2D eigenvalue weighted by atomic mass is 10.4. The first-order valence-corrected chi connectivity index (χ1v) is 6.68. The summed E-state index contributed by atoms with van der Waals surface area (Å²) < 4.78 is 1.38. The SMILES string of the molecule is CCN(CCNc1cc2n[nH]c(=O)n2cn1)C1CC1. The van der Waals surface area contributed by atoms with Gasteiger partial charge >= 0.3 is 5.69 Å². The molecule has 0 saturated heterocycles. The molecule has 1 aliphatic rings. The van der Waals surface area contributed by atoms with Crippen LogP contribution in [0.25, 0.3) is 5.65 Å². The average Bonchev–Trinajstić information content (AvgIpc) is 3.20. The number of H-pyrrole nitrogens is 1. The lowest BCUT2D eigenvalue weighted by Gasteiger charge is -2.19. The van der Waals surface area contributed by atoms with Gasteiger partial charge < -0.3 is 5.32 Å². The minimum absolute atomic E-state index is 0.264. The molecule has 2 heterocycles. The van der Waals surface area contributed by atoms with Gasteiger partial charge in [0.25, 0.3) is 0 Å². The van der Waals surface area contributed by atoms with Gasteiger partial charge in [-0.25, -0.2) is 19.3 Å². The first kappa shape index (κ1) is 12.2. The number of hydrogen-bond acceptors (Lipinski definition) is 5. The zero-order valence-corrected chi connectivity index (χ0v) is 11.0. The van der Waals surface area contributed by atoms with Gasteiger partial charge in [-0.05, 0) is 19.4 Å². The molecule has 7 nitrogen and oxygen atoms in total. The number of anilines is 1. The summed E-state index contributed by atoms with van der Waals surface area (Å²) in [5.74, 6) is 0.748. The summed E-state index contributed by atoms with van der Waals surface area (Å²) in [6.45, 7) is 5.15. The highest BCUT2D eigenvalue weighted by atomic mass is 16.1. The van der Waals surface area contributed by atoms with E-state index in [0.717, 1.165) is 31.5 Å². The van der Waals surface area contributed by atoms with E-state index in [0.29, 0.717) is 5.65 Å². The van der Waals surface area contributed by atoms with Gasteiger partial charge in [-0.15, -0.1) is 0 Å². The Morgan fingerprint density at radius 3 is 3.16 bits per heavy atom. The van der Waals surface area contributed by atoms with Crippen molar-refractivity contribution in [1.29, 1.82) is 0 Å². The van der Waals surface area contributed by atoms with Crippen molar-refractivity contribution in [2.45, 2.75) is 25.8 Å². The van der Waals surface area contributed by atoms with Gasteiger partial charge in [0.05, 0.1) is 0 Å². The standard InChI is InChI=1S/C12H18N6O/c1-2-17(9-3-4-9)6-5-13-10-7-11-15-16-12(19)18(11)8-14-10/h7-9,13H,2-6H2,1H3,(H,16,19). The number of hydrogen-bond donors (Lipinski definition) is 2. The maximum atomic E-state index is 11.3. The normalized spacial score (nSPS) is 15.3. The van der Waals surface area contributed by atoms with Gasteiger partial charge in [-0.1, -0.05) is 6.92 Å². The smallest absolute Gasteiger partial charge is 0.348 e. The van der Waals surface area contributed by atoms with Crippen LogP contribution in [0, 0.1) is 0 Å². The summed E-state index contributed by atoms with van der Waals surface area (Å²) >= 11 is 0. The minimum Gasteiger partial charge on any atom is -0.369 e. The van der Waals surface area contributed by atoms with E-state index in [2.05, 4.69) is 32.3 Å². The van der Waals surface area contributed by atoms with Crippen molar-refractivity contribution in [3.63, 3.8) is 0 Å². The molecule has 2 N–H and O–H groups in total. The molecule has 1 aliphatic carbocycles. The molecule has 1 fully saturated rings. The predicted octanol–water partition coefficient (Wildman–Crippen LogP) is 0.314. The fourth-order valence-corrected chi connectivity index (χ4v) is 2.27. The third kappa shape index (κ3) is 2.60. The van der Waals surface area contributed by atoms with Crippen LogP contribution in [0.2, 0.25) is 0 Å². The molecule has 7 heteroatoms. The van der Waals surface area contributed by atoms with Crippen LogP contribution in [-0.2, 0) is 0 Å². The first-order valence-electron chi connectivity index (χ1n) is 6.68. The van der Waals surface area contributed by atoms with Gasteiger partial charge in [-0.3, -0.25) is 4.90 Å². The van der Waals surface area contributed by atoms with Crippen LogP contribution in [-0.4, -0.2) is 50.2 Å². The molecule has 19 heavy (non-hydrogen) atoms. The second-order valence-electron chi connectivity index (χ2n) is 4.82. The van der Waals surface area contributed by atoms with Crippen LogP contribution in [0.1, 0.15) is 19.8 Å². The van der Waals surface area contributed by atoms with E-state index in [-0.39, 0.29) is 5.69 Å². The summed E-state index contributed by atoms with van der Waals surface area (Å²) in [5, 5.41) is 9.57. The topological polar surface area (TPSA) is 78.3 Å². The second kappa shape index (κ2) is 5.00. The van der Waals surface area contributed by atoms with E-state index < -0.39 is 0 Å². The summed E-state index contributed by atoms with van der Waals surface area (Å²) in [7, 11) is 0. The number of aromatic amines is 1. The van der Waals surface area contributed by atoms with Crippen molar-refractivity contribution < 1.29 is 0 Å². The number of nitrogens with zero attached hydrogens (tertiary/aromatic N) is 4. The molecule has 0 radical (unpaired) electrons. The van der Waals surface area contributed by atoms with Crippen molar-refractivity contribution >= 4 is 11.5 Å². The predicted molar refractivity (Wildman–Crippen MR) is 72.4 cm³/mol. The van der Waals surface area contributed by atoms with Crippen molar-refractivity contribution in [2.75, 3.05) is 25.0 Å². The van der Waals surface area contributed by atoms with Gasteiger partial charge in [0.15, 0.2) is 5.65 Å². The van der Waals surface area contributed by atoms with Crippen LogP contribution in [0.5, 0.6) is 0 Å². The van der Waals surface area contributed by atoms with Crippen LogP contribution in [0.15, 0.2) is 17.2 Å². The average molecular weight is 262 g/mol. The Hall–Kier alpha value is -1.89. The summed E-state index contributed by atoms with van der Waals surface area (Å²) in [4.78, 5) is 18.0. The third-order valence-corrected chi connectivity index (χ3v) is 3.48. The molecule has 102 valence electrons. The number of rotatable bonds is 6. The zero-order valence-electron chi connectivity index (χ0n) is 11.0. The summed E-state index contributed by atoms with van der Waals surface area (Å²) in [6, 6.07) is 2.55. The Bertz CT molecular complexity index is 614. The van der Waals surface area contributed by atoms with Gasteiger partial charge in [-0.2, -0.15) is 5.10 Å². The van der Waals surface area contributed by atoms with Gasteiger partial charge in [0.1, 0.15) is 12.1 Å². The maximum Gasteiger partial charge on any atom is 0.348 e. The monoisotopic (exact) mass is 262 g/mol. The lowest BCUT2D eigenvalue weighted by Crippen LogP contribution is -2.31. The van der Waals surface area contributed by atoms with Crippen molar-refractivity contribution in [1.82, 2.24) is 24.5 Å². The highest BCUT2D eigenvalue weighted by molar-refractivity contribution is 5.48. The quantitative estimate of drug-likeness (QED) is 0.783. The molecule has 0 aliphatic heterocycles. The number of aromatic nitrogens is 4. The molecule has 0 spiro atoms. The minimum atomic E-state index is -0.264. The first-order chi connectivity index (χ1) is 9.28. The number of fused-ring (bicyclic) bond motifs is 1. The molecule has 2 aromatic heterocycles. The van der Waals surface area contributed by atoms with E-state index in [1.54, 1.807) is 6.07 Å². The summed E-state index contributed by atoms with van der Waals surface area (Å²) in [5.41, 5.74) is 0.317. The summed E-state index contributed by atoms with van der Waals surface area (Å²) in [6.07, 6.45) is 4.14. The Morgan fingerprint density at radius 2 is 2.42 bits per heavy atom. The number of nitrogens with one attached hydrogen (secondary N) is 2. The van der Waals surface area contributed by atoms with E-state index in [1.807, 2.05) is 0 Å². The third-order valence-electron chi connectivity index (χ3n) is 3.48. The van der Waals surface area contributed by atoms with E-state index in [4.69, 9.17) is 0 Å². The highest BCUT2D eigenvalue weighted by Gasteiger charge is 2.27. The molecule has 0 bridgehead atoms. The molecule has 3 rings (SSSR count). The van der Waals surface area contributed by atoms with Crippen LogP contribution < -0.4 is 11.0 Å². The Balaban J connectivity index is 1.60. The largest absolute Gasteiger partial charge is 0.369 e. The molecule has 0 amide bonds. The lowest BCUT2D eigenvalue weighted by molar-refractivity contribution is 0.289. The van der Waals surface area contributed by atoms with Gasteiger partial charge in [0.2, 0.25) is 0 Å². The molecule has 0 atom stereocenters. The number of likely N-dealkylation sites (N-methyl/N-ethyl adjacent to an activating group) is 1. The fourth-order valence-electron chi connectivity index (χ4n) is 2.27. The molecular weight excluding hydrogens is 244 g/mol. The zero-order chi connectivity index (χ0) is 13.2. The molecule has 0 unspecified atom stereocenters. The molecule has 2 aromatic rings. The molecule has 1 saturated carbocycles. The fraction of sp³-hybridized carbons (Fsp3) is 0.583. The Kier molecular flexibility index (Phi) is 3.20. The van der Waals surface area contributed by atoms with Crippen LogP contribution >= 0.6 is 0 Å².